The zero-order valence-corrected chi connectivity index (χ0v) is 21.2. The number of fused-ring (bicyclic) bond motifs is 3. The number of benzene rings is 4. The molecular formula is C31H26N2O3S. The van der Waals surface area contributed by atoms with Gasteiger partial charge in [-0.25, -0.2) is 0 Å². The van der Waals surface area contributed by atoms with Crippen molar-refractivity contribution < 1.29 is 13.2 Å². The van der Waals surface area contributed by atoms with E-state index in [9.17, 15) is 13.2 Å². The lowest BCUT2D eigenvalue weighted by atomic mass is 9.79. The minimum atomic E-state index is -4.18. The van der Waals surface area contributed by atoms with E-state index in [-0.39, 0.29) is 17.2 Å². The quantitative estimate of drug-likeness (QED) is 0.332. The summed E-state index contributed by atoms with van der Waals surface area (Å²) in [7, 11) is -4.18. The van der Waals surface area contributed by atoms with Crippen LogP contribution in [0.2, 0.25) is 0 Å². The van der Waals surface area contributed by atoms with Crippen molar-refractivity contribution >= 4 is 27.7 Å². The average molecular weight is 507 g/mol. The van der Waals surface area contributed by atoms with Gasteiger partial charge in [-0.1, -0.05) is 103 Å². The minimum absolute atomic E-state index is 0.0761. The number of carbonyl (C=O) groups is 1. The minimum Gasteiger partial charge on any atom is -0.272 e. The van der Waals surface area contributed by atoms with Gasteiger partial charge in [0.2, 0.25) is 0 Å². The number of aryl methyl sites for hydroxylation is 1. The van der Waals surface area contributed by atoms with Gasteiger partial charge in [-0.05, 0) is 47.4 Å². The van der Waals surface area contributed by atoms with Gasteiger partial charge in [-0.3, -0.25) is 9.80 Å². The zero-order valence-electron chi connectivity index (χ0n) is 20.4. The molecule has 6 heteroatoms. The molecule has 1 saturated heterocycles. The standard InChI is InChI=1S/C31H26N2O3S/c1-22-16-18-26(19-17-22)37(35,36)33-30(34)21-28(23-10-4-2-5-11-23)31-27-15-9-8-14-25(27)20-29(32(31)33)24-12-6-3-7-13-24/h2-20,28,31H,21H2,1H3/t28-,31+/m1/s1. The topological polar surface area (TPSA) is 57.7 Å². The fourth-order valence-electron chi connectivity index (χ4n) is 5.39. The summed E-state index contributed by atoms with van der Waals surface area (Å²) in [5, 5.41) is 1.72. The third kappa shape index (κ3) is 3.94. The van der Waals surface area contributed by atoms with Crippen LogP contribution in [-0.2, 0) is 14.8 Å². The van der Waals surface area contributed by atoms with Crippen LogP contribution in [0.3, 0.4) is 0 Å². The predicted molar refractivity (Wildman–Crippen MR) is 144 cm³/mol. The van der Waals surface area contributed by atoms with Crippen molar-refractivity contribution in [3.05, 3.63) is 137 Å². The van der Waals surface area contributed by atoms with Crippen molar-refractivity contribution in [1.29, 1.82) is 0 Å². The van der Waals surface area contributed by atoms with Crippen LogP contribution in [0.15, 0.2) is 114 Å². The number of hydrogen-bond acceptors (Lipinski definition) is 4. The lowest BCUT2D eigenvalue weighted by molar-refractivity contribution is -0.142. The summed E-state index contributed by atoms with van der Waals surface area (Å²) in [6.45, 7) is 1.90. The van der Waals surface area contributed by atoms with Crippen molar-refractivity contribution in [3.8, 4) is 0 Å². The van der Waals surface area contributed by atoms with E-state index in [1.807, 2.05) is 97.9 Å². The Kier molecular flexibility index (Phi) is 5.69. The first-order valence-corrected chi connectivity index (χ1v) is 13.7. The first-order valence-electron chi connectivity index (χ1n) is 12.3. The molecule has 0 aliphatic carbocycles. The molecule has 0 unspecified atom stereocenters. The van der Waals surface area contributed by atoms with E-state index in [1.165, 1.54) is 0 Å². The molecule has 0 bridgehead atoms. The molecule has 6 rings (SSSR count). The normalized spacial score (nSPS) is 19.2. The van der Waals surface area contributed by atoms with Crippen LogP contribution in [0, 0.1) is 6.92 Å². The maximum absolute atomic E-state index is 14.1. The van der Waals surface area contributed by atoms with Crippen LogP contribution in [-0.4, -0.2) is 23.7 Å². The molecule has 1 amide bonds. The van der Waals surface area contributed by atoms with Gasteiger partial charge in [0.05, 0.1) is 16.6 Å². The van der Waals surface area contributed by atoms with Crippen molar-refractivity contribution in [2.45, 2.75) is 30.2 Å². The Morgan fingerprint density at radius 1 is 0.757 bits per heavy atom. The summed E-state index contributed by atoms with van der Waals surface area (Å²) in [5.41, 5.74) is 5.48. The molecule has 2 heterocycles. The molecule has 4 aromatic rings. The molecule has 5 nitrogen and oxygen atoms in total. The predicted octanol–water partition coefficient (Wildman–Crippen LogP) is 6.17. The van der Waals surface area contributed by atoms with Crippen molar-refractivity contribution in [2.75, 3.05) is 0 Å². The molecule has 0 spiro atoms. The van der Waals surface area contributed by atoms with Crippen LogP contribution in [0.25, 0.3) is 11.8 Å². The number of sulfonamides is 1. The van der Waals surface area contributed by atoms with E-state index in [0.29, 0.717) is 5.70 Å². The molecule has 0 aromatic heterocycles. The van der Waals surface area contributed by atoms with E-state index in [4.69, 9.17) is 0 Å². The van der Waals surface area contributed by atoms with Gasteiger partial charge in [0.15, 0.2) is 0 Å². The largest absolute Gasteiger partial charge is 0.284 e. The Bertz CT molecular complexity index is 1600. The SMILES string of the molecule is Cc1ccc(S(=O)(=O)N2C(=O)C[C@H](c3ccccc3)[C@@H]3c4ccccc4C=C(c4ccccc4)N32)cc1. The number of hydrazine groups is 1. The number of amides is 1. The molecule has 0 saturated carbocycles. The van der Waals surface area contributed by atoms with Gasteiger partial charge in [0, 0.05) is 12.3 Å². The molecule has 1 fully saturated rings. The van der Waals surface area contributed by atoms with Gasteiger partial charge >= 0.3 is 0 Å². The highest BCUT2D eigenvalue weighted by Crippen LogP contribution is 2.51. The lowest BCUT2D eigenvalue weighted by Gasteiger charge is -2.51. The maximum atomic E-state index is 14.1. The van der Waals surface area contributed by atoms with E-state index >= 15 is 0 Å². The molecule has 0 radical (unpaired) electrons. The molecule has 2 atom stereocenters. The highest BCUT2D eigenvalue weighted by Gasteiger charge is 2.50. The first-order chi connectivity index (χ1) is 17.9. The smallest absolute Gasteiger partial charge is 0.272 e. The van der Waals surface area contributed by atoms with Crippen LogP contribution in [0.5, 0.6) is 0 Å². The van der Waals surface area contributed by atoms with Crippen LogP contribution < -0.4 is 0 Å². The molecular weight excluding hydrogens is 480 g/mol. The van der Waals surface area contributed by atoms with E-state index < -0.39 is 22.0 Å². The molecule has 4 aromatic carbocycles. The van der Waals surface area contributed by atoms with Gasteiger partial charge < -0.3 is 0 Å². The van der Waals surface area contributed by atoms with E-state index in [1.54, 1.807) is 29.3 Å². The summed E-state index contributed by atoms with van der Waals surface area (Å²) in [6, 6.07) is 33.9. The molecule has 37 heavy (non-hydrogen) atoms. The van der Waals surface area contributed by atoms with Gasteiger partial charge in [-0.2, -0.15) is 8.42 Å². The highest BCUT2D eigenvalue weighted by atomic mass is 32.2. The maximum Gasteiger partial charge on any atom is 0.284 e. The number of nitrogens with zero attached hydrogens (tertiary/aromatic N) is 2. The Labute approximate surface area is 217 Å². The molecule has 2 aliphatic rings. The summed E-state index contributed by atoms with van der Waals surface area (Å²) in [5.74, 6) is -0.682. The highest BCUT2D eigenvalue weighted by molar-refractivity contribution is 7.89. The second-order valence-electron chi connectivity index (χ2n) is 9.49. The van der Waals surface area contributed by atoms with Crippen molar-refractivity contribution in [3.63, 3.8) is 0 Å². The number of carbonyl (C=O) groups excluding carboxylic acids is 1. The average Bonchev–Trinajstić information content (AvgIpc) is 2.93. The Morgan fingerprint density at radius 2 is 1.38 bits per heavy atom. The van der Waals surface area contributed by atoms with Crippen LogP contribution >= 0.6 is 0 Å². The van der Waals surface area contributed by atoms with Crippen molar-refractivity contribution in [1.82, 2.24) is 9.42 Å². The van der Waals surface area contributed by atoms with E-state index in [2.05, 4.69) is 0 Å². The second kappa shape index (κ2) is 9.05. The fraction of sp³-hybridized carbons (Fsp3) is 0.129. The summed E-state index contributed by atoms with van der Waals surface area (Å²) < 4.78 is 29.3. The fourth-order valence-corrected chi connectivity index (χ4v) is 6.83. The summed E-state index contributed by atoms with van der Waals surface area (Å²) >= 11 is 0. The summed E-state index contributed by atoms with van der Waals surface area (Å²) in [4.78, 5) is 14.0. The van der Waals surface area contributed by atoms with Crippen LogP contribution in [0.1, 0.15) is 46.2 Å². The third-order valence-corrected chi connectivity index (χ3v) is 8.85. The van der Waals surface area contributed by atoms with Gasteiger partial charge in [0.25, 0.3) is 15.9 Å². The molecule has 0 N–H and O–H groups in total. The Hall–Kier alpha value is -4.16. The second-order valence-corrected chi connectivity index (χ2v) is 11.3. The third-order valence-electron chi connectivity index (χ3n) is 7.15. The Morgan fingerprint density at radius 3 is 2.08 bits per heavy atom. The van der Waals surface area contributed by atoms with Crippen molar-refractivity contribution in [2.24, 2.45) is 0 Å². The summed E-state index contributed by atoms with van der Waals surface area (Å²) in [6.07, 6.45) is 2.06. The number of hydrogen-bond donors (Lipinski definition) is 0. The zero-order chi connectivity index (χ0) is 25.6. The van der Waals surface area contributed by atoms with Gasteiger partial charge in [-0.15, -0.1) is 4.41 Å². The first kappa shape index (κ1) is 23.3. The van der Waals surface area contributed by atoms with Crippen LogP contribution in [0.4, 0.5) is 0 Å². The monoisotopic (exact) mass is 506 g/mol. The van der Waals surface area contributed by atoms with E-state index in [0.717, 1.165) is 32.2 Å². The van der Waals surface area contributed by atoms with Gasteiger partial charge in [0.1, 0.15) is 0 Å². The molecule has 2 aliphatic heterocycles. The Balaban J connectivity index is 1.61. The number of rotatable bonds is 4. The molecule has 184 valence electrons. The lowest BCUT2D eigenvalue weighted by Crippen LogP contribution is -2.56.